The maximum Gasteiger partial charge on any atom is 0.253 e. The zero-order valence-corrected chi connectivity index (χ0v) is 13.5. The molecule has 0 fully saturated rings. The van der Waals surface area contributed by atoms with Gasteiger partial charge in [0.2, 0.25) is 0 Å². The zero-order valence-electron chi connectivity index (χ0n) is 13.5. The number of aliphatic hydroxyl groups excluding tert-OH is 1. The fourth-order valence-electron chi connectivity index (χ4n) is 2.27. The third-order valence-electron chi connectivity index (χ3n) is 3.59. The topological polar surface area (TPSA) is 59.0 Å². The average molecular weight is 315 g/mol. The van der Waals surface area contributed by atoms with Crippen LogP contribution in [0, 0.1) is 0 Å². The standard InChI is InChI=1S/C18H21NO4/c1-19(18(21)14-7-5-9-16(11-14)23-3)12-17(20)13-6-4-8-15(10-13)22-2/h4-11,17,20H,12H2,1-3H3. The molecule has 1 N–H and O–H groups in total. The largest absolute Gasteiger partial charge is 0.497 e. The number of hydrogen-bond donors (Lipinski definition) is 1. The van der Waals surface area contributed by atoms with Crippen molar-refractivity contribution in [3.8, 4) is 11.5 Å². The summed E-state index contributed by atoms with van der Waals surface area (Å²) < 4.78 is 10.3. The molecule has 0 aliphatic heterocycles. The van der Waals surface area contributed by atoms with Crippen molar-refractivity contribution in [1.82, 2.24) is 4.90 Å². The van der Waals surface area contributed by atoms with Gasteiger partial charge in [0, 0.05) is 12.6 Å². The lowest BCUT2D eigenvalue weighted by Gasteiger charge is -2.21. The minimum atomic E-state index is -0.787. The molecule has 1 amide bonds. The first kappa shape index (κ1) is 16.8. The molecule has 0 aromatic heterocycles. The summed E-state index contributed by atoms with van der Waals surface area (Å²) in [6, 6.07) is 14.1. The molecule has 5 heteroatoms. The molecule has 1 unspecified atom stereocenters. The quantitative estimate of drug-likeness (QED) is 0.890. The molecule has 0 radical (unpaired) electrons. The Bertz CT molecular complexity index is 672. The van der Waals surface area contributed by atoms with Gasteiger partial charge in [-0.2, -0.15) is 0 Å². The Kier molecular flexibility index (Phi) is 5.60. The Hall–Kier alpha value is -2.53. The number of aliphatic hydroxyl groups is 1. The first-order valence-corrected chi connectivity index (χ1v) is 7.26. The van der Waals surface area contributed by atoms with E-state index >= 15 is 0 Å². The van der Waals surface area contributed by atoms with Gasteiger partial charge in [-0.3, -0.25) is 4.79 Å². The van der Waals surface area contributed by atoms with E-state index < -0.39 is 6.10 Å². The van der Waals surface area contributed by atoms with Gasteiger partial charge in [-0.05, 0) is 35.9 Å². The number of ether oxygens (including phenoxy) is 2. The molecule has 0 aliphatic carbocycles. The molecule has 0 spiro atoms. The highest BCUT2D eigenvalue weighted by Gasteiger charge is 2.17. The Morgan fingerprint density at radius 3 is 2.35 bits per heavy atom. The van der Waals surface area contributed by atoms with Crippen LogP contribution in [0.3, 0.4) is 0 Å². The van der Waals surface area contributed by atoms with Crippen molar-refractivity contribution in [2.45, 2.75) is 6.10 Å². The summed E-state index contributed by atoms with van der Waals surface area (Å²) in [5.74, 6) is 1.12. The van der Waals surface area contributed by atoms with Crippen LogP contribution in [0.2, 0.25) is 0 Å². The van der Waals surface area contributed by atoms with E-state index in [0.717, 1.165) is 0 Å². The normalized spacial score (nSPS) is 11.7. The SMILES string of the molecule is COc1cccc(C(=O)N(C)CC(O)c2cccc(OC)c2)c1. The van der Waals surface area contributed by atoms with Crippen molar-refractivity contribution in [2.75, 3.05) is 27.8 Å². The van der Waals surface area contributed by atoms with Crippen molar-refractivity contribution < 1.29 is 19.4 Å². The summed E-state index contributed by atoms with van der Waals surface area (Å²) in [6.07, 6.45) is -0.787. The molecule has 0 saturated carbocycles. The summed E-state index contributed by atoms with van der Waals surface area (Å²) >= 11 is 0. The number of hydrogen-bond acceptors (Lipinski definition) is 4. The number of nitrogens with zero attached hydrogens (tertiary/aromatic N) is 1. The number of amides is 1. The van der Waals surface area contributed by atoms with Gasteiger partial charge in [0.25, 0.3) is 5.91 Å². The van der Waals surface area contributed by atoms with Crippen LogP contribution < -0.4 is 9.47 Å². The molecular weight excluding hydrogens is 294 g/mol. The van der Waals surface area contributed by atoms with Crippen LogP contribution in [0.25, 0.3) is 0 Å². The summed E-state index contributed by atoms with van der Waals surface area (Å²) in [5.41, 5.74) is 1.22. The Labute approximate surface area is 136 Å². The minimum Gasteiger partial charge on any atom is -0.497 e. The van der Waals surface area contributed by atoms with Gasteiger partial charge in [-0.15, -0.1) is 0 Å². The van der Waals surface area contributed by atoms with E-state index in [1.807, 2.05) is 0 Å². The van der Waals surface area contributed by atoms with Crippen LogP contribution in [0.5, 0.6) is 11.5 Å². The van der Waals surface area contributed by atoms with E-state index in [2.05, 4.69) is 0 Å². The molecule has 0 bridgehead atoms. The first-order chi connectivity index (χ1) is 11.0. The van der Waals surface area contributed by atoms with Crippen LogP contribution >= 0.6 is 0 Å². The van der Waals surface area contributed by atoms with Gasteiger partial charge < -0.3 is 19.5 Å². The van der Waals surface area contributed by atoms with Crippen molar-refractivity contribution in [1.29, 1.82) is 0 Å². The fraction of sp³-hybridized carbons (Fsp3) is 0.278. The van der Waals surface area contributed by atoms with E-state index in [4.69, 9.17) is 9.47 Å². The summed E-state index contributed by atoms with van der Waals surface area (Å²) in [7, 11) is 4.79. The van der Waals surface area contributed by atoms with Gasteiger partial charge >= 0.3 is 0 Å². The lowest BCUT2D eigenvalue weighted by Crippen LogP contribution is -2.31. The lowest BCUT2D eigenvalue weighted by molar-refractivity contribution is 0.0680. The summed E-state index contributed by atoms with van der Waals surface area (Å²) in [4.78, 5) is 13.9. The number of methoxy groups -OCH3 is 2. The second-order valence-electron chi connectivity index (χ2n) is 5.21. The molecule has 2 rings (SSSR count). The molecule has 5 nitrogen and oxygen atoms in total. The number of carbonyl (C=O) groups is 1. The van der Waals surface area contributed by atoms with Gasteiger partial charge in [-0.1, -0.05) is 18.2 Å². The Balaban J connectivity index is 2.07. The molecule has 2 aromatic rings. The molecule has 23 heavy (non-hydrogen) atoms. The van der Waals surface area contributed by atoms with Crippen LogP contribution in [0.15, 0.2) is 48.5 Å². The zero-order chi connectivity index (χ0) is 16.8. The lowest BCUT2D eigenvalue weighted by atomic mass is 10.1. The number of likely N-dealkylation sites (N-methyl/N-ethyl adjacent to an activating group) is 1. The number of carbonyl (C=O) groups excluding carboxylic acids is 1. The fourth-order valence-corrected chi connectivity index (χ4v) is 2.27. The summed E-state index contributed by atoms with van der Waals surface area (Å²) in [6.45, 7) is 0.184. The third-order valence-corrected chi connectivity index (χ3v) is 3.59. The van der Waals surface area contributed by atoms with Gasteiger partial charge in [-0.25, -0.2) is 0 Å². The maximum atomic E-state index is 12.4. The van der Waals surface area contributed by atoms with Crippen LogP contribution in [-0.4, -0.2) is 43.7 Å². The first-order valence-electron chi connectivity index (χ1n) is 7.26. The summed E-state index contributed by atoms with van der Waals surface area (Å²) in [5, 5.41) is 10.3. The Morgan fingerprint density at radius 2 is 1.70 bits per heavy atom. The van der Waals surface area contributed by atoms with Crippen LogP contribution in [-0.2, 0) is 0 Å². The monoisotopic (exact) mass is 315 g/mol. The van der Waals surface area contributed by atoms with Gasteiger partial charge in [0.15, 0.2) is 0 Å². The van der Waals surface area contributed by atoms with Crippen LogP contribution in [0.4, 0.5) is 0 Å². The van der Waals surface area contributed by atoms with E-state index in [9.17, 15) is 9.90 Å². The molecule has 1 atom stereocenters. The second-order valence-corrected chi connectivity index (χ2v) is 5.21. The molecule has 2 aromatic carbocycles. The van der Waals surface area contributed by atoms with Crippen molar-refractivity contribution in [3.05, 3.63) is 59.7 Å². The molecule has 122 valence electrons. The van der Waals surface area contributed by atoms with Crippen molar-refractivity contribution >= 4 is 5.91 Å². The smallest absolute Gasteiger partial charge is 0.253 e. The highest BCUT2D eigenvalue weighted by atomic mass is 16.5. The van der Waals surface area contributed by atoms with Crippen molar-refractivity contribution in [3.63, 3.8) is 0 Å². The van der Waals surface area contributed by atoms with Crippen molar-refractivity contribution in [2.24, 2.45) is 0 Å². The van der Waals surface area contributed by atoms with E-state index in [1.165, 1.54) is 4.90 Å². The van der Waals surface area contributed by atoms with E-state index in [0.29, 0.717) is 22.6 Å². The van der Waals surface area contributed by atoms with Crippen LogP contribution in [0.1, 0.15) is 22.0 Å². The molecule has 0 heterocycles. The van der Waals surface area contributed by atoms with Gasteiger partial charge in [0.1, 0.15) is 11.5 Å². The second kappa shape index (κ2) is 7.65. The Morgan fingerprint density at radius 1 is 1.09 bits per heavy atom. The molecular formula is C18H21NO4. The number of benzene rings is 2. The number of rotatable bonds is 6. The average Bonchev–Trinajstić information content (AvgIpc) is 2.60. The minimum absolute atomic E-state index is 0.175. The van der Waals surface area contributed by atoms with E-state index in [1.54, 1.807) is 69.8 Å². The molecule has 0 saturated heterocycles. The highest BCUT2D eigenvalue weighted by molar-refractivity contribution is 5.94. The predicted octanol–water partition coefficient (Wildman–Crippen LogP) is 2.51. The van der Waals surface area contributed by atoms with E-state index in [-0.39, 0.29) is 12.5 Å². The third kappa shape index (κ3) is 4.23. The maximum absolute atomic E-state index is 12.4. The highest BCUT2D eigenvalue weighted by Crippen LogP contribution is 2.21. The predicted molar refractivity (Wildman–Crippen MR) is 87.9 cm³/mol. The van der Waals surface area contributed by atoms with Gasteiger partial charge in [0.05, 0.1) is 26.9 Å². The molecule has 0 aliphatic rings.